The molecule has 1 atom stereocenters. The first-order chi connectivity index (χ1) is 7.89. The van der Waals surface area contributed by atoms with Gasteiger partial charge < -0.3 is 5.32 Å². The zero-order valence-electron chi connectivity index (χ0n) is 9.93. The molecular weight excluding hydrogens is 227 g/mol. The smallest absolute Gasteiger partial charge is 0.385 e. The standard InChI is InChI=1S/C13H16F3N/c1-8(2)10-5-6-17-12-4-3-9(7-11(10)12)13(14,15)16/h3-4,7-8,10,17H,5-6H2,1-2H3. The van der Waals surface area contributed by atoms with Crippen LogP contribution in [-0.2, 0) is 6.18 Å². The van der Waals surface area contributed by atoms with Crippen molar-refractivity contribution in [1.82, 2.24) is 0 Å². The highest BCUT2D eigenvalue weighted by atomic mass is 19.4. The number of hydrogen-bond acceptors (Lipinski definition) is 1. The highest BCUT2D eigenvalue weighted by Crippen LogP contribution is 2.40. The van der Waals surface area contributed by atoms with E-state index in [1.165, 1.54) is 6.07 Å². The van der Waals surface area contributed by atoms with Crippen LogP contribution in [0, 0.1) is 5.92 Å². The molecule has 0 saturated heterocycles. The number of rotatable bonds is 1. The number of nitrogens with one attached hydrogen (secondary N) is 1. The zero-order chi connectivity index (χ0) is 12.6. The van der Waals surface area contributed by atoms with E-state index in [-0.39, 0.29) is 5.92 Å². The van der Waals surface area contributed by atoms with Crippen LogP contribution in [0.3, 0.4) is 0 Å². The minimum absolute atomic E-state index is 0.216. The van der Waals surface area contributed by atoms with Crippen LogP contribution in [0.1, 0.15) is 37.3 Å². The summed E-state index contributed by atoms with van der Waals surface area (Å²) >= 11 is 0. The van der Waals surface area contributed by atoms with E-state index in [0.29, 0.717) is 5.92 Å². The number of anilines is 1. The Kier molecular flexibility index (Phi) is 3.06. The lowest BCUT2D eigenvalue weighted by atomic mass is 9.82. The molecule has 1 N–H and O–H groups in total. The summed E-state index contributed by atoms with van der Waals surface area (Å²) in [5, 5.41) is 3.16. The lowest BCUT2D eigenvalue weighted by Gasteiger charge is -2.30. The predicted octanol–water partition coefficient (Wildman–Crippen LogP) is 4.26. The molecule has 0 spiro atoms. The minimum atomic E-state index is -4.26. The van der Waals surface area contributed by atoms with Crippen LogP contribution in [0.15, 0.2) is 18.2 Å². The number of hydrogen-bond donors (Lipinski definition) is 1. The Morgan fingerprint density at radius 2 is 2.00 bits per heavy atom. The summed E-state index contributed by atoms with van der Waals surface area (Å²) in [4.78, 5) is 0. The Morgan fingerprint density at radius 3 is 2.59 bits per heavy atom. The molecule has 4 heteroatoms. The van der Waals surface area contributed by atoms with Crippen molar-refractivity contribution >= 4 is 5.69 Å². The molecule has 0 radical (unpaired) electrons. The largest absolute Gasteiger partial charge is 0.416 e. The second-order valence-electron chi connectivity index (χ2n) is 4.87. The Hall–Kier alpha value is -1.19. The van der Waals surface area contributed by atoms with Crippen molar-refractivity contribution in [3.63, 3.8) is 0 Å². The zero-order valence-corrected chi connectivity index (χ0v) is 9.93. The molecule has 0 saturated carbocycles. The average molecular weight is 243 g/mol. The van der Waals surface area contributed by atoms with E-state index in [2.05, 4.69) is 19.2 Å². The third kappa shape index (κ3) is 2.40. The van der Waals surface area contributed by atoms with Crippen molar-refractivity contribution in [2.75, 3.05) is 11.9 Å². The molecule has 94 valence electrons. The van der Waals surface area contributed by atoms with Crippen molar-refractivity contribution in [3.8, 4) is 0 Å². The summed E-state index contributed by atoms with van der Waals surface area (Å²) in [6.45, 7) is 4.95. The number of alkyl halides is 3. The molecule has 1 aliphatic heterocycles. The lowest BCUT2D eigenvalue weighted by molar-refractivity contribution is -0.137. The summed E-state index contributed by atoms with van der Waals surface area (Å²) in [6.07, 6.45) is -3.36. The van der Waals surface area contributed by atoms with Gasteiger partial charge in [-0.15, -0.1) is 0 Å². The van der Waals surface area contributed by atoms with Crippen LogP contribution in [0.5, 0.6) is 0 Å². The van der Waals surface area contributed by atoms with Crippen LogP contribution in [-0.4, -0.2) is 6.54 Å². The van der Waals surface area contributed by atoms with Gasteiger partial charge in [-0.1, -0.05) is 13.8 Å². The minimum Gasteiger partial charge on any atom is -0.385 e. The molecule has 0 bridgehead atoms. The number of fused-ring (bicyclic) bond motifs is 1. The van der Waals surface area contributed by atoms with Gasteiger partial charge in [-0.3, -0.25) is 0 Å². The van der Waals surface area contributed by atoms with Gasteiger partial charge in [-0.05, 0) is 42.0 Å². The SMILES string of the molecule is CC(C)C1CCNc2ccc(C(F)(F)F)cc21. The highest BCUT2D eigenvalue weighted by molar-refractivity contribution is 5.56. The van der Waals surface area contributed by atoms with E-state index < -0.39 is 11.7 Å². The van der Waals surface area contributed by atoms with E-state index in [1.54, 1.807) is 6.07 Å². The van der Waals surface area contributed by atoms with Crippen LogP contribution < -0.4 is 5.32 Å². The molecule has 1 aromatic carbocycles. The van der Waals surface area contributed by atoms with E-state index in [4.69, 9.17) is 0 Å². The molecule has 0 fully saturated rings. The van der Waals surface area contributed by atoms with Gasteiger partial charge in [0, 0.05) is 12.2 Å². The molecule has 17 heavy (non-hydrogen) atoms. The molecule has 1 nitrogen and oxygen atoms in total. The summed E-state index contributed by atoms with van der Waals surface area (Å²) < 4.78 is 38.0. The van der Waals surface area contributed by atoms with Gasteiger partial charge in [0.2, 0.25) is 0 Å². The topological polar surface area (TPSA) is 12.0 Å². The van der Waals surface area contributed by atoms with Gasteiger partial charge in [0.25, 0.3) is 0 Å². The Morgan fingerprint density at radius 1 is 1.29 bits per heavy atom. The molecule has 1 heterocycles. The molecule has 1 aliphatic rings. The Balaban J connectivity index is 2.44. The fourth-order valence-electron chi connectivity index (χ4n) is 2.42. The summed E-state index contributed by atoms with van der Waals surface area (Å²) in [5.74, 6) is 0.577. The molecular formula is C13H16F3N. The Bertz CT molecular complexity index is 410. The van der Waals surface area contributed by atoms with Gasteiger partial charge in [-0.2, -0.15) is 13.2 Å². The van der Waals surface area contributed by atoms with Crippen molar-refractivity contribution in [3.05, 3.63) is 29.3 Å². The number of benzene rings is 1. The van der Waals surface area contributed by atoms with Gasteiger partial charge in [-0.25, -0.2) is 0 Å². The third-order valence-electron chi connectivity index (χ3n) is 3.35. The van der Waals surface area contributed by atoms with Gasteiger partial charge in [0.1, 0.15) is 0 Å². The normalized spacial score (nSPS) is 20.0. The van der Waals surface area contributed by atoms with E-state index in [0.717, 1.165) is 30.3 Å². The van der Waals surface area contributed by atoms with Crippen LogP contribution in [0.2, 0.25) is 0 Å². The molecule has 0 aromatic heterocycles. The second-order valence-corrected chi connectivity index (χ2v) is 4.87. The fourth-order valence-corrected chi connectivity index (χ4v) is 2.42. The van der Waals surface area contributed by atoms with Crippen molar-refractivity contribution in [1.29, 1.82) is 0 Å². The Labute approximate surface area is 99.0 Å². The first kappa shape index (κ1) is 12.3. The summed E-state index contributed by atoms with van der Waals surface area (Å²) in [5.41, 5.74) is 1.11. The maximum absolute atomic E-state index is 12.7. The maximum Gasteiger partial charge on any atom is 0.416 e. The van der Waals surface area contributed by atoms with E-state index in [1.807, 2.05) is 0 Å². The van der Waals surface area contributed by atoms with Gasteiger partial charge in [0.15, 0.2) is 0 Å². The fraction of sp³-hybridized carbons (Fsp3) is 0.538. The molecule has 1 unspecified atom stereocenters. The predicted molar refractivity (Wildman–Crippen MR) is 62.1 cm³/mol. The van der Waals surface area contributed by atoms with E-state index in [9.17, 15) is 13.2 Å². The van der Waals surface area contributed by atoms with Gasteiger partial charge in [0.05, 0.1) is 5.56 Å². The maximum atomic E-state index is 12.7. The molecule has 0 aliphatic carbocycles. The lowest BCUT2D eigenvalue weighted by Crippen LogP contribution is -2.21. The summed E-state index contributed by atoms with van der Waals surface area (Å²) in [7, 11) is 0. The highest BCUT2D eigenvalue weighted by Gasteiger charge is 2.33. The monoisotopic (exact) mass is 243 g/mol. The van der Waals surface area contributed by atoms with E-state index >= 15 is 0 Å². The molecule has 2 rings (SSSR count). The quantitative estimate of drug-likeness (QED) is 0.777. The summed E-state index contributed by atoms with van der Waals surface area (Å²) in [6, 6.07) is 3.99. The number of halogens is 3. The van der Waals surface area contributed by atoms with Crippen LogP contribution >= 0.6 is 0 Å². The van der Waals surface area contributed by atoms with Crippen LogP contribution in [0.25, 0.3) is 0 Å². The van der Waals surface area contributed by atoms with Gasteiger partial charge >= 0.3 is 6.18 Å². The molecule has 0 amide bonds. The van der Waals surface area contributed by atoms with Crippen molar-refractivity contribution in [2.24, 2.45) is 5.92 Å². The average Bonchev–Trinajstić information content (AvgIpc) is 2.26. The molecule has 1 aromatic rings. The second kappa shape index (κ2) is 4.24. The van der Waals surface area contributed by atoms with Crippen LogP contribution in [0.4, 0.5) is 18.9 Å². The third-order valence-corrected chi connectivity index (χ3v) is 3.35. The van der Waals surface area contributed by atoms with Crippen molar-refractivity contribution in [2.45, 2.75) is 32.4 Å². The first-order valence-electron chi connectivity index (χ1n) is 5.84. The van der Waals surface area contributed by atoms with Crippen molar-refractivity contribution < 1.29 is 13.2 Å². The first-order valence-corrected chi connectivity index (χ1v) is 5.84.